The molecule has 2 saturated heterocycles. The minimum atomic E-state index is -1.00. The average Bonchev–Trinajstić information content (AvgIpc) is 1.70. The molecule has 2 aliphatic heterocycles. The zero-order chi connectivity index (χ0) is 83.8. The number of ether oxygens (including phenoxy) is 3. The summed E-state index contributed by atoms with van der Waals surface area (Å²) in [5.41, 5.74) is 17.8. The van der Waals surface area contributed by atoms with Crippen molar-refractivity contribution >= 4 is 46.8 Å². The Hall–Kier alpha value is -12.6. The quantitative estimate of drug-likeness (QED) is 0.0306. The number of benzene rings is 4. The van der Waals surface area contributed by atoms with Crippen molar-refractivity contribution in [1.29, 1.82) is 0 Å². The van der Waals surface area contributed by atoms with Gasteiger partial charge in [0.2, 0.25) is 5.91 Å². The van der Waals surface area contributed by atoms with E-state index in [0.717, 1.165) is 154 Å². The number of pyridine rings is 4. The number of aromatic nitrogens is 12. The second kappa shape index (κ2) is 36.3. The maximum Gasteiger partial charge on any atom is 0.251 e. The zero-order valence-electron chi connectivity index (χ0n) is 68.6. The van der Waals surface area contributed by atoms with Crippen LogP contribution in [0.1, 0.15) is 174 Å². The molecule has 0 spiro atoms. The molecule has 6 N–H and O–H groups in total. The molecule has 120 heavy (non-hydrogen) atoms. The fourth-order valence-corrected chi connectivity index (χ4v) is 14.2. The number of carbonyl (C=O) groups excluding carboxylic acids is 5. The third-order valence-corrected chi connectivity index (χ3v) is 22.0. The van der Waals surface area contributed by atoms with E-state index in [4.69, 9.17) is 25.8 Å². The van der Waals surface area contributed by atoms with Crippen molar-refractivity contribution in [1.82, 2.24) is 85.0 Å². The van der Waals surface area contributed by atoms with Crippen LogP contribution in [0.5, 0.6) is 5.75 Å². The standard InChI is InChI=1S/C25H27N5O2.C25H31N5O2.C23H24N4O3.C19H17ClN4O2/c1-16-5-6-18(25(32)28-21-7-8-21)11-23(16)20-13-27-30(15-20)22-10-19(12-26-14-22)17(2)29-9-3-4-24(29)31;1-17-5-6-18(24(31)29-20-7-8-20)11-23(17)19-13-28-30(16-19)22-12-21(14-26-15-22)27-9-10-32-25(2,3)4;1-15-2-3-16(22(28)26-19-4-5-19)8-21(15)17-10-25-27(13-17)20-9-18(11-24-12-20)23(29)6-7-30-14-23;1-26-15-7-14(8-21-9-15)24-10-18(22-11-24)16-6-12(2-5-17(16)20)19(25)23-13-3-4-13/h5-6,10-15,17,21H,3-4,7-9H2,1-2H3,(H,28,32);5-6,11-16,20,27H,7-10H2,1-4H3,(H,29,31);2-3,8-13,19,29H,4-7,14H2,1H3,(H,26,28);2,5-11,13H,3-4H2,1H3,(H,23,25). The summed E-state index contributed by atoms with van der Waals surface area (Å²) in [6, 6.07) is 31.6. The first-order valence-electron chi connectivity index (χ1n) is 40.8. The van der Waals surface area contributed by atoms with Crippen LogP contribution in [0, 0.1) is 20.8 Å². The van der Waals surface area contributed by atoms with Gasteiger partial charge in [-0.2, -0.15) is 15.3 Å². The number of nitrogens with one attached hydrogen (secondary N) is 5. The molecule has 4 saturated carbocycles. The minimum Gasteiger partial charge on any atom is -0.495 e. The zero-order valence-corrected chi connectivity index (χ0v) is 69.3. The Morgan fingerprint density at radius 1 is 0.567 bits per heavy atom. The maximum absolute atomic E-state index is 12.5. The van der Waals surface area contributed by atoms with Gasteiger partial charge in [-0.05, 0) is 218 Å². The molecule has 0 radical (unpaired) electrons. The van der Waals surface area contributed by atoms with Crippen molar-refractivity contribution in [3.63, 3.8) is 0 Å². The van der Waals surface area contributed by atoms with Crippen molar-refractivity contribution in [2.75, 3.05) is 45.3 Å². The van der Waals surface area contributed by atoms with E-state index in [-0.39, 0.29) is 47.8 Å². The second-order valence-corrected chi connectivity index (χ2v) is 32.9. The van der Waals surface area contributed by atoms with Gasteiger partial charge in [-0.25, -0.2) is 19.0 Å². The van der Waals surface area contributed by atoms with Crippen LogP contribution >= 0.6 is 11.6 Å². The van der Waals surface area contributed by atoms with Crippen LogP contribution in [0.2, 0.25) is 5.02 Å². The number of anilines is 1. The van der Waals surface area contributed by atoms with Gasteiger partial charge in [0, 0.05) is 150 Å². The monoisotopic (exact) mass is 1630 g/mol. The molecule has 12 aromatic rings. The molecule has 18 rings (SSSR count). The highest BCUT2D eigenvalue weighted by Crippen LogP contribution is 2.36. The summed E-state index contributed by atoms with van der Waals surface area (Å²) in [5, 5.41) is 40.3. The summed E-state index contributed by atoms with van der Waals surface area (Å²) < 4.78 is 23.5. The van der Waals surface area contributed by atoms with Gasteiger partial charge in [0.05, 0.1) is 133 Å². The number of halogens is 1. The summed E-state index contributed by atoms with van der Waals surface area (Å²) in [6.45, 7) is 17.2. The summed E-state index contributed by atoms with van der Waals surface area (Å²) in [5.74, 6) is 0.708. The molecule has 5 amide bonds. The lowest BCUT2D eigenvalue weighted by molar-refractivity contribution is -0.129. The third kappa shape index (κ3) is 20.9. The molecule has 0 bridgehead atoms. The SMILES string of the molecule is COc1cncc(-n2cnc(-c3cc(C(=O)NC4CC4)ccc3Cl)c2)c1.Cc1ccc(C(=O)NC2CC2)cc1-c1cnn(-c2cncc(C(C)N3CCCC3=O)c2)c1.Cc1ccc(C(=O)NC2CC2)cc1-c1cnn(-c2cncc(C3(O)CCOC3)c2)c1.Cc1ccc(C(=O)NC2CC2)cc1-c1cnn(-c2cncc(NCCOC(C)(C)C)c2)c1. The normalized spacial score (nSPS) is 16.4. The van der Waals surface area contributed by atoms with E-state index < -0.39 is 5.60 Å². The number of hydrogen-bond acceptors (Lipinski definition) is 18. The number of methoxy groups -OCH3 is 1. The number of rotatable bonds is 24. The molecule has 4 aromatic carbocycles. The van der Waals surface area contributed by atoms with E-state index in [2.05, 4.69) is 66.8 Å². The van der Waals surface area contributed by atoms with Gasteiger partial charge in [-0.1, -0.05) is 29.8 Å². The van der Waals surface area contributed by atoms with Crippen molar-refractivity contribution in [3.05, 3.63) is 251 Å². The molecule has 6 fully saturated rings. The molecule has 618 valence electrons. The molecule has 10 heterocycles. The van der Waals surface area contributed by atoms with Gasteiger partial charge >= 0.3 is 0 Å². The van der Waals surface area contributed by atoms with Crippen molar-refractivity contribution < 1.29 is 43.3 Å². The number of carbonyl (C=O) groups is 5. The number of aliphatic hydroxyl groups is 1. The first-order valence-corrected chi connectivity index (χ1v) is 41.2. The van der Waals surface area contributed by atoms with E-state index in [1.165, 1.54) is 0 Å². The van der Waals surface area contributed by atoms with Crippen LogP contribution in [-0.2, 0) is 19.9 Å². The predicted octanol–water partition coefficient (Wildman–Crippen LogP) is 14.4. The lowest BCUT2D eigenvalue weighted by Crippen LogP contribution is -2.28. The molecule has 4 aliphatic carbocycles. The first-order chi connectivity index (χ1) is 57.9. The van der Waals surface area contributed by atoms with Crippen LogP contribution in [0.4, 0.5) is 5.69 Å². The fraction of sp³-hybridized carbons (Fsp3) is 0.337. The van der Waals surface area contributed by atoms with Gasteiger partial charge in [0.25, 0.3) is 23.6 Å². The highest BCUT2D eigenvalue weighted by Gasteiger charge is 2.36. The van der Waals surface area contributed by atoms with Crippen molar-refractivity contribution in [3.8, 4) is 73.1 Å². The summed E-state index contributed by atoms with van der Waals surface area (Å²) >= 11 is 6.34. The highest BCUT2D eigenvalue weighted by molar-refractivity contribution is 6.33. The molecule has 2 unspecified atom stereocenters. The van der Waals surface area contributed by atoms with E-state index in [1.807, 2.05) is 180 Å². The van der Waals surface area contributed by atoms with E-state index >= 15 is 0 Å². The topological polar surface area (TPSA) is 319 Å². The van der Waals surface area contributed by atoms with Gasteiger partial charge in [0.1, 0.15) is 11.4 Å². The first kappa shape index (κ1) is 82.5. The van der Waals surface area contributed by atoms with Gasteiger partial charge < -0.3 is 55.4 Å². The van der Waals surface area contributed by atoms with E-state index in [0.29, 0.717) is 101 Å². The molecular formula is C92H99ClN18O9. The Bertz CT molecular complexity index is 5730. The number of likely N-dealkylation sites (tertiary alicyclic amines) is 1. The van der Waals surface area contributed by atoms with Gasteiger partial charge in [-0.15, -0.1) is 0 Å². The second-order valence-electron chi connectivity index (χ2n) is 32.5. The number of imidazole rings is 1. The van der Waals surface area contributed by atoms with Gasteiger partial charge in [0.15, 0.2) is 0 Å². The van der Waals surface area contributed by atoms with Crippen LogP contribution in [0.15, 0.2) is 196 Å². The Morgan fingerprint density at radius 3 is 1.51 bits per heavy atom. The number of hydrogen-bond donors (Lipinski definition) is 6. The largest absolute Gasteiger partial charge is 0.495 e. The molecular weight excluding hydrogens is 1540 g/mol. The Balaban J connectivity index is 0.000000125. The van der Waals surface area contributed by atoms with Crippen LogP contribution in [0.25, 0.3) is 67.4 Å². The van der Waals surface area contributed by atoms with Crippen LogP contribution in [-0.4, -0.2) is 168 Å². The maximum atomic E-state index is 12.5. The Kier molecular flexibility index (Phi) is 25.0. The predicted molar refractivity (Wildman–Crippen MR) is 458 cm³/mol. The number of nitrogens with zero attached hydrogens (tertiary/aromatic N) is 13. The van der Waals surface area contributed by atoms with E-state index in [1.54, 1.807) is 95.3 Å². The summed E-state index contributed by atoms with van der Waals surface area (Å²) in [6.07, 6.45) is 39.3. The molecule has 6 aliphatic rings. The molecule has 2 atom stereocenters. The van der Waals surface area contributed by atoms with Crippen molar-refractivity contribution in [2.45, 2.75) is 161 Å². The lowest BCUT2D eigenvalue weighted by atomic mass is 9.94. The molecule has 28 heteroatoms. The van der Waals surface area contributed by atoms with Crippen molar-refractivity contribution in [2.24, 2.45) is 0 Å². The Morgan fingerprint density at radius 2 is 1.03 bits per heavy atom. The minimum absolute atomic E-state index is 0.0143. The smallest absolute Gasteiger partial charge is 0.251 e. The average molecular weight is 1640 g/mol. The summed E-state index contributed by atoms with van der Waals surface area (Å²) in [4.78, 5) is 85.3. The molecule has 27 nitrogen and oxygen atoms in total. The molecule has 8 aromatic heterocycles. The van der Waals surface area contributed by atoms with Gasteiger partial charge in [-0.3, -0.25) is 43.9 Å². The highest BCUT2D eigenvalue weighted by atomic mass is 35.5. The summed E-state index contributed by atoms with van der Waals surface area (Å²) in [7, 11) is 1.60. The van der Waals surface area contributed by atoms with Crippen LogP contribution in [0.3, 0.4) is 0 Å². The number of amides is 5. The lowest BCUT2D eigenvalue weighted by Gasteiger charge is -2.24. The fourth-order valence-electron chi connectivity index (χ4n) is 14.0. The Labute approximate surface area is 701 Å². The van der Waals surface area contributed by atoms with E-state index in [9.17, 15) is 29.1 Å². The third-order valence-electron chi connectivity index (χ3n) is 21.7. The van der Waals surface area contributed by atoms with Crippen LogP contribution < -0.4 is 31.3 Å². The number of aryl methyl sites for hydroxylation is 3.